The van der Waals surface area contributed by atoms with E-state index in [1.807, 2.05) is 82.1 Å². The number of benzene rings is 3. The predicted molar refractivity (Wildman–Crippen MR) is 127 cm³/mol. The molecule has 6 nitrogen and oxygen atoms in total. The normalized spacial score (nSPS) is 14.9. The first-order valence-corrected chi connectivity index (χ1v) is 10.8. The van der Waals surface area contributed by atoms with Crippen molar-refractivity contribution in [2.75, 3.05) is 10.0 Å². The lowest BCUT2D eigenvalue weighted by molar-refractivity contribution is -0.135. The van der Waals surface area contributed by atoms with Crippen molar-refractivity contribution >= 4 is 34.7 Å². The summed E-state index contributed by atoms with van der Waals surface area (Å²) in [7, 11) is 0. The maximum absolute atomic E-state index is 13.5. The van der Waals surface area contributed by atoms with E-state index in [2.05, 4.69) is 5.16 Å². The first-order chi connectivity index (χ1) is 15.3. The third kappa shape index (κ3) is 2.83. The Morgan fingerprint density at radius 1 is 0.875 bits per heavy atom. The zero-order valence-electron chi connectivity index (χ0n) is 18.6. The number of amidine groups is 1. The van der Waals surface area contributed by atoms with Gasteiger partial charge < -0.3 is 0 Å². The SMILES string of the molecule is Cc1cccc(C(=O)N2c3ccccc3N3C(c4c(C)c(C)c(Cl)c(C)c4C)=NON23)c1. The second kappa shape index (κ2) is 7.36. The Balaban J connectivity index is 1.64. The van der Waals surface area contributed by atoms with E-state index in [4.69, 9.17) is 16.5 Å². The van der Waals surface area contributed by atoms with Crippen LogP contribution in [0.1, 0.15) is 43.7 Å². The number of hydrogen-bond acceptors (Lipinski definition) is 5. The molecular formula is C25H23ClN4O2. The molecule has 0 aliphatic carbocycles. The average molecular weight is 447 g/mol. The Morgan fingerprint density at radius 2 is 1.53 bits per heavy atom. The quantitative estimate of drug-likeness (QED) is 0.500. The molecule has 0 N–H and O–H groups in total. The molecule has 3 aromatic carbocycles. The number of nitrogens with zero attached hydrogens (tertiary/aromatic N) is 4. The Morgan fingerprint density at radius 3 is 2.19 bits per heavy atom. The fraction of sp³-hybridized carbons (Fsp3) is 0.200. The Labute approximate surface area is 192 Å². The zero-order valence-corrected chi connectivity index (χ0v) is 19.4. The lowest BCUT2D eigenvalue weighted by atomic mass is 9.93. The fourth-order valence-electron chi connectivity index (χ4n) is 4.32. The third-order valence-electron chi connectivity index (χ3n) is 6.30. The van der Waals surface area contributed by atoms with Crippen molar-refractivity contribution < 1.29 is 9.73 Å². The lowest BCUT2D eigenvalue weighted by Crippen LogP contribution is -2.49. The number of oxime groups is 1. The van der Waals surface area contributed by atoms with Crippen LogP contribution in [-0.2, 0) is 4.94 Å². The first-order valence-electron chi connectivity index (χ1n) is 10.4. The molecule has 0 bridgehead atoms. The highest BCUT2D eigenvalue weighted by Crippen LogP contribution is 2.44. The molecule has 162 valence electrons. The van der Waals surface area contributed by atoms with E-state index in [-0.39, 0.29) is 5.91 Å². The minimum atomic E-state index is -0.197. The monoisotopic (exact) mass is 446 g/mol. The molecule has 0 aromatic heterocycles. The van der Waals surface area contributed by atoms with Gasteiger partial charge in [-0.1, -0.05) is 41.4 Å². The number of halogens is 1. The summed E-state index contributed by atoms with van der Waals surface area (Å²) in [5.74, 6) is 0.423. The van der Waals surface area contributed by atoms with Crippen molar-refractivity contribution in [1.29, 1.82) is 0 Å². The number of hydrazine groups is 2. The van der Waals surface area contributed by atoms with Gasteiger partial charge >= 0.3 is 0 Å². The van der Waals surface area contributed by atoms with Gasteiger partial charge in [-0.15, -0.1) is 0 Å². The van der Waals surface area contributed by atoms with Crippen LogP contribution in [0.3, 0.4) is 0 Å². The largest absolute Gasteiger partial charge is 0.277 e. The van der Waals surface area contributed by atoms with Crippen LogP contribution in [0.5, 0.6) is 0 Å². The van der Waals surface area contributed by atoms with E-state index in [1.54, 1.807) is 6.07 Å². The molecule has 0 saturated heterocycles. The number of fused-ring (bicyclic) bond motifs is 3. The molecule has 0 unspecified atom stereocenters. The molecule has 2 heterocycles. The molecule has 0 atom stereocenters. The van der Waals surface area contributed by atoms with Gasteiger partial charge in [-0.05, 0) is 86.3 Å². The van der Waals surface area contributed by atoms with Crippen LogP contribution in [0.25, 0.3) is 0 Å². The van der Waals surface area contributed by atoms with Crippen LogP contribution in [-0.4, -0.2) is 17.0 Å². The van der Waals surface area contributed by atoms with Crippen LogP contribution < -0.4 is 10.0 Å². The number of amides is 1. The number of carbonyl (C=O) groups excluding carboxylic acids is 1. The molecule has 0 radical (unpaired) electrons. The van der Waals surface area contributed by atoms with Gasteiger partial charge in [-0.25, -0.2) is 0 Å². The molecule has 5 rings (SSSR count). The fourth-order valence-corrected chi connectivity index (χ4v) is 4.60. The summed E-state index contributed by atoms with van der Waals surface area (Å²) in [6, 6.07) is 15.2. The molecule has 0 spiro atoms. The molecule has 7 heteroatoms. The van der Waals surface area contributed by atoms with E-state index in [9.17, 15) is 4.79 Å². The average Bonchev–Trinajstić information content (AvgIpc) is 3.34. The molecule has 0 fully saturated rings. The predicted octanol–water partition coefficient (Wildman–Crippen LogP) is 5.79. The minimum Gasteiger partial charge on any atom is -0.267 e. The van der Waals surface area contributed by atoms with Gasteiger partial charge in [-0.2, -0.15) is 10.0 Å². The summed E-state index contributed by atoms with van der Waals surface area (Å²) < 4.78 is 0. The highest BCUT2D eigenvalue weighted by molar-refractivity contribution is 6.32. The Hall–Kier alpha value is -3.35. The molecule has 2 aliphatic heterocycles. The number of rotatable bonds is 2. The van der Waals surface area contributed by atoms with Crippen molar-refractivity contribution in [3.63, 3.8) is 0 Å². The summed E-state index contributed by atoms with van der Waals surface area (Å²) in [6.07, 6.45) is 0. The number of hydrogen-bond donors (Lipinski definition) is 0. The van der Waals surface area contributed by atoms with Crippen molar-refractivity contribution in [3.05, 3.63) is 92.5 Å². The lowest BCUT2D eigenvalue weighted by Gasteiger charge is -2.26. The first kappa shape index (κ1) is 20.5. The summed E-state index contributed by atoms with van der Waals surface area (Å²) in [6.45, 7) is 10.0. The van der Waals surface area contributed by atoms with E-state index in [1.165, 1.54) is 10.3 Å². The molecule has 0 saturated carbocycles. The van der Waals surface area contributed by atoms with Gasteiger partial charge in [0.2, 0.25) is 5.84 Å². The van der Waals surface area contributed by atoms with E-state index in [0.717, 1.165) is 49.8 Å². The van der Waals surface area contributed by atoms with Crippen molar-refractivity contribution in [2.24, 2.45) is 5.16 Å². The van der Waals surface area contributed by atoms with Crippen molar-refractivity contribution in [3.8, 4) is 0 Å². The summed E-state index contributed by atoms with van der Waals surface area (Å²) in [5.41, 5.74) is 8.15. The van der Waals surface area contributed by atoms with Crippen LogP contribution in [0.2, 0.25) is 5.02 Å². The maximum Gasteiger partial charge on any atom is 0.277 e. The third-order valence-corrected chi connectivity index (χ3v) is 6.86. The second-order valence-electron chi connectivity index (χ2n) is 8.23. The maximum atomic E-state index is 13.5. The molecule has 32 heavy (non-hydrogen) atoms. The smallest absolute Gasteiger partial charge is 0.267 e. The Bertz CT molecular complexity index is 1290. The van der Waals surface area contributed by atoms with Gasteiger partial charge in [-0.3, -0.25) is 9.73 Å². The molecular weight excluding hydrogens is 424 g/mol. The highest BCUT2D eigenvalue weighted by atomic mass is 35.5. The van der Waals surface area contributed by atoms with Crippen molar-refractivity contribution in [2.45, 2.75) is 34.6 Å². The topological polar surface area (TPSA) is 48.4 Å². The summed E-state index contributed by atoms with van der Waals surface area (Å²) in [4.78, 5) is 19.3. The molecule has 1 amide bonds. The van der Waals surface area contributed by atoms with Gasteiger partial charge in [0.15, 0.2) is 0 Å². The van der Waals surface area contributed by atoms with Gasteiger partial charge in [0.25, 0.3) is 5.91 Å². The van der Waals surface area contributed by atoms with Crippen LogP contribution in [0.4, 0.5) is 11.4 Å². The van der Waals surface area contributed by atoms with Crippen LogP contribution in [0.15, 0.2) is 53.7 Å². The Kier molecular flexibility index (Phi) is 4.73. The van der Waals surface area contributed by atoms with Gasteiger partial charge in [0, 0.05) is 16.1 Å². The van der Waals surface area contributed by atoms with Crippen LogP contribution in [0, 0.1) is 34.6 Å². The number of anilines is 2. The van der Waals surface area contributed by atoms with Crippen LogP contribution >= 0.6 is 11.6 Å². The highest BCUT2D eigenvalue weighted by Gasteiger charge is 2.47. The van der Waals surface area contributed by atoms with E-state index < -0.39 is 0 Å². The summed E-state index contributed by atoms with van der Waals surface area (Å²) in [5, 5.41) is 9.93. The number of aryl methyl sites for hydroxylation is 1. The van der Waals surface area contributed by atoms with Crippen molar-refractivity contribution in [1.82, 2.24) is 5.28 Å². The standard InChI is InChI=1S/C25H23ClN4O2/c1-14-9-8-10-19(13-14)25(31)29-21-12-7-6-11-20(21)28-24(27-32-30(28)29)22-15(2)17(4)23(26)18(5)16(22)3/h6-13H,1-5H3. The van der Waals surface area contributed by atoms with E-state index in [0.29, 0.717) is 11.4 Å². The van der Waals surface area contributed by atoms with Gasteiger partial charge in [0.05, 0.1) is 16.7 Å². The minimum absolute atomic E-state index is 0.197. The summed E-state index contributed by atoms with van der Waals surface area (Å²) >= 11 is 6.56. The molecule has 3 aromatic rings. The number of carbonyl (C=O) groups is 1. The second-order valence-corrected chi connectivity index (χ2v) is 8.60. The van der Waals surface area contributed by atoms with E-state index >= 15 is 0 Å². The van der Waals surface area contributed by atoms with Gasteiger partial charge in [0.1, 0.15) is 0 Å². The zero-order chi connectivity index (χ0) is 22.7. The molecule has 2 aliphatic rings. The number of para-hydroxylation sites is 2.